The third kappa shape index (κ3) is 4.82. The lowest BCUT2D eigenvalue weighted by Gasteiger charge is -2.38. The molecule has 3 rings (SSSR count). The van der Waals surface area contributed by atoms with Crippen LogP contribution in [0.15, 0.2) is 0 Å². The Bertz CT molecular complexity index is 508. The number of piperidine rings is 1. The van der Waals surface area contributed by atoms with Gasteiger partial charge in [-0.05, 0) is 59.8 Å². The molecule has 0 N–H and O–H groups in total. The number of rotatable bonds is 5. The van der Waals surface area contributed by atoms with Crippen LogP contribution in [0.25, 0.3) is 0 Å². The third-order valence-electron chi connectivity index (χ3n) is 6.12. The average molecular weight is 348 g/mol. The van der Waals surface area contributed by atoms with Crippen molar-refractivity contribution in [3.63, 3.8) is 0 Å². The van der Waals surface area contributed by atoms with Crippen LogP contribution in [0.4, 0.5) is 0 Å². The topological polar surface area (TPSA) is 37.2 Å². The molecular weight excluding hydrogens is 310 g/mol. The van der Waals surface area contributed by atoms with Gasteiger partial charge < -0.3 is 14.4 Å². The minimum absolute atomic E-state index is 0.591. The van der Waals surface area contributed by atoms with Gasteiger partial charge in [0.1, 0.15) is 11.6 Å². The zero-order valence-electron chi connectivity index (χ0n) is 16.6. The zero-order chi connectivity index (χ0) is 17.6. The van der Waals surface area contributed by atoms with Gasteiger partial charge in [-0.3, -0.25) is 0 Å². The second-order valence-corrected chi connectivity index (χ2v) is 8.27. The van der Waals surface area contributed by atoms with Crippen LogP contribution >= 0.6 is 0 Å². The van der Waals surface area contributed by atoms with Crippen molar-refractivity contribution in [2.75, 3.05) is 27.2 Å². The van der Waals surface area contributed by atoms with Crippen molar-refractivity contribution in [2.24, 2.45) is 0 Å². The molecule has 2 fully saturated rings. The summed E-state index contributed by atoms with van der Waals surface area (Å²) in [7, 11) is 4.20. The Morgan fingerprint density at radius 3 is 2.16 bits per heavy atom. The monoisotopic (exact) mass is 347 g/mol. The summed E-state index contributed by atoms with van der Waals surface area (Å²) in [5, 5.41) is 9.09. The van der Waals surface area contributed by atoms with E-state index in [9.17, 15) is 0 Å². The van der Waals surface area contributed by atoms with E-state index < -0.39 is 0 Å². The second kappa shape index (κ2) is 9.13. The van der Waals surface area contributed by atoms with Gasteiger partial charge in [-0.1, -0.05) is 32.1 Å². The van der Waals surface area contributed by atoms with E-state index >= 15 is 0 Å². The fourth-order valence-corrected chi connectivity index (χ4v) is 4.72. The molecule has 1 aromatic rings. The molecule has 0 amide bonds. The molecule has 0 radical (unpaired) electrons. The maximum atomic E-state index is 4.60. The normalized spacial score (nSPS) is 22.2. The van der Waals surface area contributed by atoms with E-state index in [0.717, 1.165) is 25.0 Å². The van der Waals surface area contributed by atoms with Crippen LogP contribution < -0.4 is 0 Å². The first-order valence-corrected chi connectivity index (χ1v) is 10.5. The molecule has 5 nitrogen and oxygen atoms in total. The van der Waals surface area contributed by atoms with Crippen LogP contribution in [0.1, 0.15) is 82.3 Å². The Balaban J connectivity index is 1.59. The number of likely N-dealkylation sites (tertiary alicyclic amines) is 1. The average Bonchev–Trinajstić information content (AvgIpc) is 2.96. The second-order valence-electron chi connectivity index (χ2n) is 8.27. The molecule has 1 aliphatic carbocycles. The van der Waals surface area contributed by atoms with Gasteiger partial charge in [-0.15, -0.1) is 10.2 Å². The fourth-order valence-electron chi connectivity index (χ4n) is 4.72. The van der Waals surface area contributed by atoms with E-state index in [0.29, 0.717) is 5.92 Å². The van der Waals surface area contributed by atoms with E-state index in [1.54, 1.807) is 0 Å². The summed E-state index contributed by atoms with van der Waals surface area (Å²) in [6.07, 6.45) is 12.5. The Morgan fingerprint density at radius 2 is 1.56 bits per heavy atom. The van der Waals surface area contributed by atoms with E-state index in [1.165, 1.54) is 76.7 Å². The third-order valence-corrected chi connectivity index (χ3v) is 6.12. The highest BCUT2D eigenvalue weighted by Gasteiger charge is 2.29. The van der Waals surface area contributed by atoms with Crippen LogP contribution in [0.2, 0.25) is 0 Å². The van der Waals surface area contributed by atoms with Gasteiger partial charge in [0.25, 0.3) is 0 Å². The lowest BCUT2D eigenvalue weighted by Crippen LogP contribution is -2.41. The van der Waals surface area contributed by atoms with Crippen LogP contribution in [0, 0.1) is 0 Å². The molecule has 0 atom stereocenters. The summed E-state index contributed by atoms with van der Waals surface area (Å²) >= 11 is 0. The molecule has 1 aliphatic heterocycles. The molecule has 0 spiro atoms. The van der Waals surface area contributed by atoms with Crippen molar-refractivity contribution in [1.82, 2.24) is 24.6 Å². The molecule has 25 heavy (non-hydrogen) atoms. The fraction of sp³-hybridized carbons (Fsp3) is 0.900. The molecule has 2 aliphatic rings. The number of hydrogen-bond donors (Lipinski definition) is 0. The first-order valence-electron chi connectivity index (χ1n) is 10.5. The number of aromatic nitrogens is 3. The van der Waals surface area contributed by atoms with Gasteiger partial charge in [0.15, 0.2) is 0 Å². The first kappa shape index (κ1) is 18.8. The smallest absolute Gasteiger partial charge is 0.147 e. The minimum atomic E-state index is 0.591. The standard InChI is InChI=1S/C20H37N5/c1-4-25-19(16-23(2)3)21-22-20(25)17-12-14-24(15-13-17)18-10-8-6-5-7-9-11-18/h17-18H,4-16H2,1-3H3. The van der Waals surface area contributed by atoms with Crippen molar-refractivity contribution in [3.05, 3.63) is 11.6 Å². The van der Waals surface area contributed by atoms with Crippen LogP contribution in [0.5, 0.6) is 0 Å². The Morgan fingerprint density at radius 1 is 0.920 bits per heavy atom. The van der Waals surface area contributed by atoms with Crippen molar-refractivity contribution in [1.29, 1.82) is 0 Å². The van der Waals surface area contributed by atoms with Gasteiger partial charge in [-0.25, -0.2) is 0 Å². The molecular formula is C20H37N5. The van der Waals surface area contributed by atoms with E-state index in [2.05, 4.69) is 45.6 Å². The zero-order valence-corrected chi connectivity index (χ0v) is 16.6. The summed E-state index contributed by atoms with van der Waals surface area (Å²) in [6.45, 7) is 6.57. The summed E-state index contributed by atoms with van der Waals surface area (Å²) in [5.41, 5.74) is 0. The van der Waals surface area contributed by atoms with Gasteiger partial charge in [0.2, 0.25) is 0 Å². The Hall–Kier alpha value is -0.940. The quantitative estimate of drug-likeness (QED) is 0.815. The SMILES string of the molecule is CCn1c(CN(C)C)nnc1C1CCN(C2CCCCCCC2)CC1. The molecule has 5 heteroatoms. The lowest BCUT2D eigenvalue weighted by atomic mass is 9.91. The van der Waals surface area contributed by atoms with E-state index in [1.807, 2.05) is 0 Å². The van der Waals surface area contributed by atoms with Crippen LogP contribution in [-0.2, 0) is 13.1 Å². The predicted molar refractivity (Wildman–Crippen MR) is 103 cm³/mol. The molecule has 2 heterocycles. The van der Waals surface area contributed by atoms with E-state index in [-0.39, 0.29) is 0 Å². The molecule has 0 unspecified atom stereocenters. The number of hydrogen-bond acceptors (Lipinski definition) is 4. The Kier molecular flexibility index (Phi) is 6.88. The predicted octanol–water partition coefficient (Wildman–Crippen LogP) is 3.65. The van der Waals surface area contributed by atoms with Crippen molar-refractivity contribution >= 4 is 0 Å². The summed E-state index contributed by atoms with van der Waals surface area (Å²) in [4.78, 5) is 4.96. The van der Waals surface area contributed by atoms with Gasteiger partial charge in [0.05, 0.1) is 6.54 Å². The molecule has 1 saturated heterocycles. The van der Waals surface area contributed by atoms with Crippen LogP contribution in [-0.4, -0.2) is 57.8 Å². The molecule has 0 aromatic carbocycles. The largest absolute Gasteiger partial charge is 0.314 e. The van der Waals surface area contributed by atoms with Gasteiger partial charge in [0, 0.05) is 18.5 Å². The van der Waals surface area contributed by atoms with Crippen molar-refractivity contribution in [2.45, 2.75) is 89.8 Å². The lowest BCUT2D eigenvalue weighted by molar-refractivity contribution is 0.127. The number of nitrogens with zero attached hydrogens (tertiary/aromatic N) is 5. The summed E-state index contributed by atoms with van der Waals surface area (Å²) < 4.78 is 2.36. The highest BCUT2D eigenvalue weighted by Crippen LogP contribution is 2.31. The molecule has 1 saturated carbocycles. The summed E-state index contributed by atoms with van der Waals surface area (Å²) in [6, 6.07) is 0.842. The highest BCUT2D eigenvalue weighted by molar-refractivity contribution is 5.04. The van der Waals surface area contributed by atoms with Gasteiger partial charge in [-0.2, -0.15) is 0 Å². The van der Waals surface area contributed by atoms with Crippen LogP contribution in [0.3, 0.4) is 0 Å². The maximum Gasteiger partial charge on any atom is 0.147 e. The summed E-state index contributed by atoms with van der Waals surface area (Å²) in [5.74, 6) is 2.94. The minimum Gasteiger partial charge on any atom is -0.314 e. The van der Waals surface area contributed by atoms with Crippen molar-refractivity contribution < 1.29 is 0 Å². The van der Waals surface area contributed by atoms with Gasteiger partial charge >= 0.3 is 0 Å². The molecule has 0 bridgehead atoms. The first-order chi connectivity index (χ1) is 12.2. The Labute approximate surface area is 153 Å². The maximum absolute atomic E-state index is 4.60. The van der Waals surface area contributed by atoms with Crippen molar-refractivity contribution in [3.8, 4) is 0 Å². The highest BCUT2D eigenvalue weighted by atomic mass is 15.3. The molecule has 1 aromatic heterocycles. The van der Waals surface area contributed by atoms with E-state index in [4.69, 9.17) is 0 Å². The molecule has 142 valence electrons.